The Balaban J connectivity index is 1.85. The molecule has 0 aromatic heterocycles. The second kappa shape index (κ2) is 12.5. The molecule has 8 heteroatoms. The third kappa shape index (κ3) is 7.26. The molecule has 0 saturated heterocycles. The molecule has 31 heavy (non-hydrogen) atoms. The molecule has 0 amide bonds. The summed E-state index contributed by atoms with van der Waals surface area (Å²) in [6.45, 7) is 2.22. The summed E-state index contributed by atoms with van der Waals surface area (Å²) in [5.74, 6) is 0.492. The van der Waals surface area contributed by atoms with Gasteiger partial charge >= 0.3 is 4.38 Å². The average Bonchev–Trinajstić information content (AvgIpc) is 2.76. The Labute approximate surface area is 187 Å². The lowest BCUT2D eigenvalue weighted by Gasteiger charge is -2.27. The monoisotopic (exact) mass is 468 g/mol. The molecule has 0 heterocycles. The highest BCUT2D eigenvalue weighted by Gasteiger charge is 2.47. The van der Waals surface area contributed by atoms with E-state index in [0.717, 1.165) is 19.3 Å². The van der Waals surface area contributed by atoms with Gasteiger partial charge < -0.3 is 5.53 Å². The van der Waals surface area contributed by atoms with Crippen molar-refractivity contribution >= 4 is 24.1 Å². The Morgan fingerprint density at radius 1 is 0.871 bits per heavy atom. The second-order valence-electron chi connectivity index (χ2n) is 8.63. The van der Waals surface area contributed by atoms with Gasteiger partial charge in [0.25, 0.3) is 19.7 Å². The molecule has 0 spiro atoms. The summed E-state index contributed by atoms with van der Waals surface area (Å²) >= 11 is 0. The van der Waals surface area contributed by atoms with Gasteiger partial charge in [-0.05, 0) is 43.7 Å². The summed E-state index contributed by atoms with van der Waals surface area (Å²) in [6.07, 6.45) is 13.6. The molecule has 1 aliphatic rings. The van der Waals surface area contributed by atoms with E-state index in [1.165, 1.54) is 75.6 Å². The first-order valence-electron chi connectivity index (χ1n) is 11.6. The first-order valence-corrected chi connectivity index (χ1v) is 14.6. The topological polar surface area (TPSA) is 105 Å². The van der Waals surface area contributed by atoms with Crippen LogP contribution >= 0.6 is 0 Å². The molecule has 174 valence electrons. The van der Waals surface area contributed by atoms with Crippen LogP contribution < -0.4 is 0 Å². The fourth-order valence-corrected chi connectivity index (χ4v) is 8.44. The summed E-state index contributed by atoms with van der Waals surface area (Å²) in [4.78, 5) is 2.55. The Bertz CT molecular complexity index is 929. The highest BCUT2D eigenvalue weighted by Crippen LogP contribution is 2.33. The predicted octanol–water partition coefficient (Wildman–Crippen LogP) is 5.55. The summed E-state index contributed by atoms with van der Waals surface area (Å²) in [6, 6.07) is 7.25. The Hall–Kier alpha value is -1.50. The van der Waals surface area contributed by atoms with Crippen molar-refractivity contribution in [2.75, 3.05) is 0 Å². The minimum atomic E-state index is -4.39. The summed E-state index contributed by atoms with van der Waals surface area (Å²) in [5, 5.41) is -0.813. The zero-order valence-electron chi connectivity index (χ0n) is 18.6. The van der Waals surface area contributed by atoms with Crippen molar-refractivity contribution in [3.05, 3.63) is 35.9 Å². The van der Waals surface area contributed by atoms with Gasteiger partial charge in [-0.1, -0.05) is 82.9 Å². The SMILES string of the molecule is CCCCCCCCCCC1CCC(S(=O)(=O)C(=[N+]=[N-])S(=O)(=O)c2ccccc2)CC1. The number of sulfone groups is 2. The van der Waals surface area contributed by atoms with E-state index in [-0.39, 0.29) is 4.90 Å². The summed E-state index contributed by atoms with van der Waals surface area (Å²) < 4.78 is 50.3. The van der Waals surface area contributed by atoms with Crippen LogP contribution in [0.25, 0.3) is 5.53 Å². The van der Waals surface area contributed by atoms with Gasteiger partial charge in [0.15, 0.2) is 0 Å². The van der Waals surface area contributed by atoms with E-state index >= 15 is 0 Å². The highest BCUT2D eigenvalue weighted by molar-refractivity contribution is 8.31. The predicted molar refractivity (Wildman–Crippen MR) is 124 cm³/mol. The van der Waals surface area contributed by atoms with Gasteiger partial charge in [0.1, 0.15) is 0 Å². The van der Waals surface area contributed by atoms with E-state index in [4.69, 9.17) is 0 Å². The first kappa shape index (κ1) is 25.8. The molecule has 2 rings (SSSR count). The lowest BCUT2D eigenvalue weighted by molar-refractivity contribution is 0.00368. The molecule has 1 aromatic rings. The maximum Gasteiger partial charge on any atom is 0.499 e. The van der Waals surface area contributed by atoms with Gasteiger partial charge in [0, 0.05) is 0 Å². The van der Waals surface area contributed by atoms with Crippen LogP contribution in [0, 0.1) is 5.92 Å². The van der Waals surface area contributed by atoms with Crippen molar-refractivity contribution in [3.8, 4) is 0 Å². The van der Waals surface area contributed by atoms with Gasteiger partial charge in [-0.2, -0.15) is 0 Å². The number of nitrogens with zero attached hydrogens (tertiary/aromatic N) is 2. The van der Waals surface area contributed by atoms with E-state index in [2.05, 4.69) is 11.7 Å². The normalized spacial score (nSPS) is 19.6. The molecule has 0 bridgehead atoms. The van der Waals surface area contributed by atoms with Crippen LogP contribution in [-0.2, 0) is 19.7 Å². The van der Waals surface area contributed by atoms with Gasteiger partial charge in [-0.25, -0.2) is 16.8 Å². The molecule has 0 aliphatic heterocycles. The third-order valence-electron chi connectivity index (χ3n) is 6.31. The van der Waals surface area contributed by atoms with Crippen LogP contribution in [0.5, 0.6) is 0 Å². The van der Waals surface area contributed by atoms with Crippen molar-refractivity contribution in [1.29, 1.82) is 0 Å². The Kier molecular flexibility index (Phi) is 10.4. The van der Waals surface area contributed by atoms with Crippen molar-refractivity contribution in [1.82, 2.24) is 0 Å². The van der Waals surface area contributed by atoms with Crippen LogP contribution in [0.4, 0.5) is 0 Å². The van der Waals surface area contributed by atoms with Crippen molar-refractivity contribution in [2.45, 2.75) is 101 Å². The molecule has 1 saturated carbocycles. The van der Waals surface area contributed by atoms with Crippen LogP contribution in [0.1, 0.15) is 90.4 Å². The third-order valence-corrected chi connectivity index (χ3v) is 11.0. The quantitative estimate of drug-likeness (QED) is 0.139. The van der Waals surface area contributed by atoms with E-state index in [9.17, 15) is 22.4 Å². The Morgan fingerprint density at radius 3 is 1.97 bits per heavy atom. The number of unbranched alkanes of at least 4 members (excludes halogenated alkanes) is 7. The minimum Gasteiger partial charge on any atom is -0.359 e. The average molecular weight is 469 g/mol. The standard InChI is InChI=1S/C23H36N2O4S2/c1-2-3-4-5-6-7-8-10-13-20-16-18-22(19-17-20)31(28,29)23(25-24)30(26,27)21-14-11-9-12-15-21/h9,11-12,14-15,20,22H,2-8,10,13,16-19H2,1H3. The zero-order valence-corrected chi connectivity index (χ0v) is 20.2. The van der Waals surface area contributed by atoms with Crippen molar-refractivity contribution < 1.29 is 21.6 Å². The molecule has 0 atom stereocenters. The second-order valence-corrected chi connectivity index (χ2v) is 12.9. The van der Waals surface area contributed by atoms with Crippen LogP contribution in [0.15, 0.2) is 35.2 Å². The maximum absolute atomic E-state index is 13.0. The van der Waals surface area contributed by atoms with E-state index < -0.39 is 29.3 Å². The molecule has 1 aromatic carbocycles. The number of rotatable bonds is 11. The molecule has 1 fully saturated rings. The summed E-state index contributed by atoms with van der Waals surface area (Å²) in [5.41, 5.74) is 9.31. The highest BCUT2D eigenvalue weighted by atomic mass is 32.3. The fraction of sp³-hybridized carbons (Fsp3) is 0.696. The molecule has 0 N–H and O–H groups in total. The van der Waals surface area contributed by atoms with Crippen LogP contribution in [0.2, 0.25) is 0 Å². The molecular formula is C23H36N2O4S2. The lowest BCUT2D eigenvalue weighted by Crippen LogP contribution is -2.36. The number of hydrogen-bond acceptors (Lipinski definition) is 4. The van der Waals surface area contributed by atoms with E-state index in [1.54, 1.807) is 6.07 Å². The van der Waals surface area contributed by atoms with Gasteiger partial charge in [-0.3, -0.25) is 0 Å². The zero-order chi connectivity index (χ0) is 22.7. The smallest absolute Gasteiger partial charge is 0.359 e. The van der Waals surface area contributed by atoms with E-state index in [0.29, 0.717) is 18.8 Å². The molecule has 0 unspecified atom stereocenters. The number of benzene rings is 1. The first-order chi connectivity index (χ1) is 14.8. The van der Waals surface area contributed by atoms with Crippen LogP contribution in [0.3, 0.4) is 0 Å². The maximum atomic E-state index is 13.0. The summed E-state index contributed by atoms with van der Waals surface area (Å²) in [7, 11) is -8.62. The minimum absolute atomic E-state index is 0.185. The Morgan fingerprint density at radius 2 is 1.42 bits per heavy atom. The molecular weight excluding hydrogens is 432 g/mol. The largest absolute Gasteiger partial charge is 0.499 e. The van der Waals surface area contributed by atoms with Crippen molar-refractivity contribution in [3.63, 3.8) is 0 Å². The number of hydrogen-bond donors (Lipinski definition) is 0. The fourth-order valence-electron chi connectivity index (χ4n) is 4.40. The molecule has 6 nitrogen and oxygen atoms in total. The van der Waals surface area contributed by atoms with Gasteiger partial charge in [-0.15, -0.1) is 4.79 Å². The molecule has 1 aliphatic carbocycles. The van der Waals surface area contributed by atoms with E-state index in [1.807, 2.05) is 0 Å². The van der Waals surface area contributed by atoms with Gasteiger partial charge in [0.05, 0.1) is 10.1 Å². The molecule has 0 radical (unpaired) electrons. The van der Waals surface area contributed by atoms with Crippen LogP contribution in [-0.4, -0.2) is 31.3 Å². The van der Waals surface area contributed by atoms with Gasteiger partial charge in [0.2, 0.25) is 0 Å². The lowest BCUT2D eigenvalue weighted by atomic mass is 9.85. The van der Waals surface area contributed by atoms with Crippen molar-refractivity contribution in [2.24, 2.45) is 5.92 Å².